The Kier molecular flexibility index (Phi) is 6.64. The third kappa shape index (κ3) is 5.32. The summed E-state index contributed by atoms with van der Waals surface area (Å²) in [7, 11) is 1.64. The number of anilines is 1. The highest BCUT2D eigenvalue weighted by molar-refractivity contribution is 7.99. The number of nitrogens with one attached hydrogen (secondary N) is 1. The molecule has 1 heterocycles. The van der Waals surface area contributed by atoms with Crippen LogP contribution in [0.5, 0.6) is 5.75 Å². The molecule has 3 aromatic carbocycles. The Morgan fingerprint density at radius 1 is 0.935 bits per heavy atom. The number of rotatable bonds is 8. The van der Waals surface area contributed by atoms with Crippen molar-refractivity contribution < 1.29 is 9.53 Å². The molecule has 0 aliphatic carbocycles. The molecular formula is C24H22N4O2S. The molecule has 4 aromatic rings. The van der Waals surface area contributed by atoms with Gasteiger partial charge in [0.2, 0.25) is 5.91 Å². The van der Waals surface area contributed by atoms with Gasteiger partial charge in [0.25, 0.3) is 0 Å². The van der Waals surface area contributed by atoms with Crippen LogP contribution in [0.2, 0.25) is 0 Å². The van der Waals surface area contributed by atoms with Crippen molar-refractivity contribution in [2.24, 2.45) is 0 Å². The van der Waals surface area contributed by atoms with Gasteiger partial charge in [0, 0.05) is 11.3 Å². The van der Waals surface area contributed by atoms with E-state index in [0.29, 0.717) is 11.7 Å². The zero-order valence-electron chi connectivity index (χ0n) is 17.1. The summed E-state index contributed by atoms with van der Waals surface area (Å²) in [5.41, 5.74) is 2.84. The molecule has 0 unspecified atom stereocenters. The number of carbonyl (C=O) groups is 1. The number of benzene rings is 3. The number of ether oxygens (including phenoxy) is 1. The zero-order chi connectivity index (χ0) is 21.5. The predicted molar refractivity (Wildman–Crippen MR) is 123 cm³/mol. The largest absolute Gasteiger partial charge is 0.497 e. The molecule has 7 heteroatoms. The number of aromatic nitrogens is 3. The van der Waals surface area contributed by atoms with Crippen LogP contribution in [-0.2, 0) is 11.3 Å². The molecule has 0 fully saturated rings. The first-order valence-electron chi connectivity index (χ1n) is 9.82. The minimum Gasteiger partial charge on any atom is -0.497 e. The van der Waals surface area contributed by atoms with E-state index in [1.54, 1.807) is 7.11 Å². The van der Waals surface area contributed by atoms with Gasteiger partial charge in [0.05, 0.1) is 19.4 Å². The molecule has 1 amide bonds. The Balaban J connectivity index is 1.56. The van der Waals surface area contributed by atoms with E-state index in [1.807, 2.05) is 77.4 Å². The van der Waals surface area contributed by atoms with E-state index in [4.69, 9.17) is 4.74 Å². The monoisotopic (exact) mass is 430 g/mol. The molecule has 0 radical (unpaired) electrons. The molecule has 0 atom stereocenters. The van der Waals surface area contributed by atoms with E-state index < -0.39 is 0 Å². The van der Waals surface area contributed by atoms with E-state index in [0.717, 1.165) is 28.4 Å². The van der Waals surface area contributed by atoms with Crippen molar-refractivity contribution in [1.29, 1.82) is 0 Å². The molecule has 4 rings (SSSR count). The van der Waals surface area contributed by atoms with Crippen molar-refractivity contribution in [1.82, 2.24) is 14.8 Å². The molecular weight excluding hydrogens is 408 g/mol. The Labute approximate surface area is 185 Å². The van der Waals surface area contributed by atoms with Gasteiger partial charge >= 0.3 is 0 Å². The molecule has 31 heavy (non-hydrogen) atoms. The van der Waals surface area contributed by atoms with Gasteiger partial charge in [-0.25, -0.2) is 0 Å². The SMILES string of the molecule is COc1ccc(-c2nnc(SCC(=O)Nc3ccccc3)n2Cc2ccccc2)cc1. The number of para-hydroxylation sites is 1. The number of carbonyl (C=O) groups excluding carboxylic acids is 1. The van der Waals surface area contributed by atoms with E-state index in [-0.39, 0.29) is 11.7 Å². The minimum atomic E-state index is -0.0866. The number of hydrogen-bond donors (Lipinski definition) is 1. The summed E-state index contributed by atoms with van der Waals surface area (Å²) in [5.74, 6) is 1.68. The van der Waals surface area contributed by atoms with Gasteiger partial charge in [0.15, 0.2) is 11.0 Å². The summed E-state index contributed by atoms with van der Waals surface area (Å²) in [6, 6.07) is 27.3. The maximum Gasteiger partial charge on any atom is 0.234 e. The van der Waals surface area contributed by atoms with Crippen molar-refractivity contribution in [2.75, 3.05) is 18.2 Å². The first-order chi connectivity index (χ1) is 15.2. The lowest BCUT2D eigenvalue weighted by molar-refractivity contribution is -0.113. The first kappa shape index (κ1) is 20.7. The quantitative estimate of drug-likeness (QED) is 0.409. The highest BCUT2D eigenvalue weighted by atomic mass is 32.2. The van der Waals surface area contributed by atoms with Crippen LogP contribution in [0, 0.1) is 0 Å². The van der Waals surface area contributed by atoms with Crippen molar-refractivity contribution in [2.45, 2.75) is 11.7 Å². The number of nitrogens with zero attached hydrogens (tertiary/aromatic N) is 3. The van der Waals surface area contributed by atoms with Crippen LogP contribution in [0.4, 0.5) is 5.69 Å². The predicted octanol–water partition coefficient (Wildman–Crippen LogP) is 4.73. The fourth-order valence-electron chi connectivity index (χ4n) is 3.11. The van der Waals surface area contributed by atoms with Crippen LogP contribution in [0.1, 0.15) is 5.56 Å². The molecule has 156 valence electrons. The lowest BCUT2D eigenvalue weighted by atomic mass is 10.2. The van der Waals surface area contributed by atoms with Crippen LogP contribution in [0.25, 0.3) is 11.4 Å². The second kappa shape index (κ2) is 9.95. The third-order valence-corrected chi connectivity index (χ3v) is 5.61. The summed E-state index contributed by atoms with van der Waals surface area (Å²) in [5, 5.41) is 12.4. The van der Waals surface area contributed by atoms with E-state index in [9.17, 15) is 4.79 Å². The van der Waals surface area contributed by atoms with Crippen LogP contribution >= 0.6 is 11.8 Å². The van der Waals surface area contributed by atoms with Crippen LogP contribution in [0.15, 0.2) is 90.1 Å². The normalized spacial score (nSPS) is 10.6. The maximum absolute atomic E-state index is 12.4. The summed E-state index contributed by atoms with van der Waals surface area (Å²) in [4.78, 5) is 12.4. The van der Waals surface area contributed by atoms with Gasteiger partial charge in [-0.3, -0.25) is 9.36 Å². The van der Waals surface area contributed by atoms with Gasteiger partial charge in [-0.2, -0.15) is 0 Å². The Hall–Kier alpha value is -3.58. The van der Waals surface area contributed by atoms with Crippen LogP contribution in [-0.4, -0.2) is 33.5 Å². The van der Waals surface area contributed by atoms with Crippen molar-refractivity contribution in [3.63, 3.8) is 0 Å². The van der Waals surface area contributed by atoms with Gasteiger partial charge in [-0.1, -0.05) is 60.3 Å². The smallest absolute Gasteiger partial charge is 0.234 e. The number of amides is 1. The second-order valence-corrected chi connectivity index (χ2v) is 7.75. The highest BCUT2D eigenvalue weighted by Crippen LogP contribution is 2.26. The standard InChI is InChI=1S/C24H22N4O2S/c1-30-21-14-12-19(13-15-21)23-26-27-24(28(23)16-18-8-4-2-5-9-18)31-17-22(29)25-20-10-6-3-7-11-20/h2-15H,16-17H2,1H3,(H,25,29). The van der Waals surface area contributed by atoms with Crippen molar-refractivity contribution >= 4 is 23.4 Å². The first-order valence-corrected chi connectivity index (χ1v) is 10.8. The topological polar surface area (TPSA) is 69.0 Å². The average molecular weight is 431 g/mol. The van der Waals surface area contributed by atoms with E-state index >= 15 is 0 Å². The third-order valence-electron chi connectivity index (χ3n) is 4.64. The second-order valence-electron chi connectivity index (χ2n) is 6.81. The summed E-state index contributed by atoms with van der Waals surface area (Å²) < 4.78 is 7.30. The summed E-state index contributed by atoms with van der Waals surface area (Å²) in [6.45, 7) is 0.609. The molecule has 0 saturated carbocycles. The van der Waals surface area contributed by atoms with Crippen LogP contribution < -0.4 is 10.1 Å². The summed E-state index contributed by atoms with van der Waals surface area (Å²) in [6.07, 6.45) is 0. The van der Waals surface area contributed by atoms with Crippen molar-refractivity contribution in [3.8, 4) is 17.1 Å². The van der Waals surface area contributed by atoms with Gasteiger partial charge < -0.3 is 10.1 Å². The summed E-state index contributed by atoms with van der Waals surface area (Å²) >= 11 is 1.37. The van der Waals surface area contributed by atoms with Gasteiger partial charge in [0.1, 0.15) is 5.75 Å². The van der Waals surface area contributed by atoms with E-state index in [1.165, 1.54) is 11.8 Å². The number of thioether (sulfide) groups is 1. The Bertz CT molecular complexity index is 1130. The molecule has 0 aliphatic rings. The molecule has 1 aromatic heterocycles. The molecule has 6 nitrogen and oxygen atoms in total. The maximum atomic E-state index is 12.4. The molecule has 0 aliphatic heterocycles. The number of hydrogen-bond acceptors (Lipinski definition) is 5. The lowest BCUT2D eigenvalue weighted by Crippen LogP contribution is -2.14. The Morgan fingerprint density at radius 2 is 1.61 bits per heavy atom. The number of methoxy groups -OCH3 is 1. The highest BCUT2D eigenvalue weighted by Gasteiger charge is 2.16. The van der Waals surface area contributed by atoms with Crippen LogP contribution in [0.3, 0.4) is 0 Å². The molecule has 0 spiro atoms. The molecule has 0 saturated heterocycles. The van der Waals surface area contributed by atoms with Crippen molar-refractivity contribution in [3.05, 3.63) is 90.5 Å². The Morgan fingerprint density at radius 3 is 2.29 bits per heavy atom. The van der Waals surface area contributed by atoms with E-state index in [2.05, 4.69) is 27.6 Å². The molecule has 0 bridgehead atoms. The fraction of sp³-hybridized carbons (Fsp3) is 0.125. The zero-order valence-corrected chi connectivity index (χ0v) is 17.9. The fourth-order valence-corrected chi connectivity index (χ4v) is 3.84. The molecule has 1 N–H and O–H groups in total. The van der Waals surface area contributed by atoms with Gasteiger partial charge in [-0.05, 0) is 42.0 Å². The lowest BCUT2D eigenvalue weighted by Gasteiger charge is -2.11. The van der Waals surface area contributed by atoms with Gasteiger partial charge in [-0.15, -0.1) is 10.2 Å². The average Bonchev–Trinajstić information content (AvgIpc) is 3.21. The minimum absolute atomic E-state index is 0.0866.